The van der Waals surface area contributed by atoms with Gasteiger partial charge in [-0.2, -0.15) is 0 Å². The van der Waals surface area contributed by atoms with Gasteiger partial charge in [0.2, 0.25) is 5.91 Å². The Kier molecular flexibility index (Phi) is 12.2. The van der Waals surface area contributed by atoms with Crippen molar-refractivity contribution in [3.05, 3.63) is 59.7 Å². The Bertz CT molecular complexity index is 835. The van der Waals surface area contributed by atoms with Gasteiger partial charge in [0.05, 0.1) is 0 Å². The first-order valence-electron chi connectivity index (χ1n) is 11.2. The summed E-state index contributed by atoms with van der Waals surface area (Å²) in [5.41, 5.74) is 9.54. The standard InChI is InChI=1S/C25H36N4O.H4N2/c1-5-6-11-24(30)29(23(16-28-4)18(2)3)17-19-12-14-20(15-13-19)21-9-7-8-10-22(21)25(26)27;1-2/h7-10,12-15,18,23,28H,5-6,11,16-17H2,1-4H3,(H3,26,27);1-2H2. The minimum atomic E-state index is 0.0641. The Morgan fingerprint density at radius 3 is 2.25 bits per heavy atom. The molecule has 2 aromatic carbocycles. The molecule has 0 aliphatic rings. The second-order valence-corrected chi connectivity index (χ2v) is 8.15. The molecule has 0 aromatic heterocycles. The number of hydrogen-bond donors (Lipinski definition) is 5. The number of rotatable bonds is 11. The summed E-state index contributed by atoms with van der Waals surface area (Å²) in [6, 6.07) is 16.1. The first-order chi connectivity index (χ1) is 15.4. The Hall–Kier alpha value is -2.74. The predicted octanol–water partition coefficient (Wildman–Crippen LogP) is 3.22. The molecule has 2 aromatic rings. The lowest BCUT2D eigenvalue weighted by molar-refractivity contribution is -0.135. The third-order valence-electron chi connectivity index (χ3n) is 5.48. The van der Waals surface area contributed by atoms with Gasteiger partial charge in [0, 0.05) is 31.1 Å². The molecule has 0 saturated heterocycles. The van der Waals surface area contributed by atoms with E-state index in [1.807, 2.05) is 48.3 Å². The first-order valence-corrected chi connectivity index (χ1v) is 11.2. The first kappa shape index (κ1) is 27.3. The number of nitrogens with one attached hydrogen (secondary N) is 2. The lowest BCUT2D eigenvalue weighted by Gasteiger charge is -2.35. The minimum Gasteiger partial charge on any atom is -0.384 e. The van der Waals surface area contributed by atoms with Crippen molar-refractivity contribution in [2.75, 3.05) is 13.6 Å². The molecule has 176 valence electrons. The maximum absolute atomic E-state index is 13.0. The molecule has 0 fully saturated rings. The quantitative estimate of drug-likeness (QED) is 0.158. The van der Waals surface area contributed by atoms with Crippen LogP contribution in [0.15, 0.2) is 48.5 Å². The van der Waals surface area contributed by atoms with E-state index in [-0.39, 0.29) is 17.8 Å². The number of likely N-dealkylation sites (N-methyl/N-ethyl adjacent to an activating group) is 1. The van der Waals surface area contributed by atoms with Gasteiger partial charge in [-0.3, -0.25) is 21.9 Å². The second-order valence-electron chi connectivity index (χ2n) is 8.15. The number of nitrogens with zero attached hydrogens (tertiary/aromatic N) is 1. The zero-order chi connectivity index (χ0) is 24.1. The highest BCUT2D eigenvalue weighted by Crippen LogP contribution is 2.25. The average molecular weight is 441 g/mol. The van der Waals surface area contributed by atoms with Gasteiger partial charge in [-0.15, -0.1) is 0 Å². The van der Waals surface area contributed by atoms with Gasteiger partial charge in [0.25, 0.3) is 0 Å². The summed E-state index contributed by atoms with van der Waals surface area (Å²) in [5.74, 6) is 8.65. The van der Waals surface area contributed by atoms with Crippen molar-refractivity contribution < 1.29 is 4.79 Å². The van der Waals surface area contributed by atoms with Crippen molar-refractivity contribution in [3.8, 4) is 11.1 Å². The fraction of sp³-hybridized carbons (Fsp3) is 0.440. The molecule has 0 aliphatic heterocycles. The monoisotopic (exact) mass is 440 g/mol. The van der Waals surface area contributed by atoms with Crippen LogP contribution in [0, 0.1) is 11.3 Å². The van der Waals surface area contributed by atoms with E-state index in [0.717, 1.165) is 41.6 Å². The Labute approximate surface area is 192 Å². The van der Waals surface area contributed by atoms with Crippen molar-refractivity contribution in [2.45, 2.75) is 52.6 Å². The van der Waals surface area contributed by atoms with E-state index in [1.54, 1.807) is 0 Å². The summed E-state index contributed by atoms with van der Waals surface area (Å²) in [5, 5.41) is 11.1. The molecule has 1 amide bonds. The summed E-state index contributed by atoms with van der Waals surface area (Å²) in [6.45, 7) is 7.83. The van der Waals surface area contributed by atoms with Gasteiger partial charge in [0.1, 0.15) is 5.84 Å². The Balaban J connectivity index is 0.00000249. The van der Waals surface area contributed by atoms with Crippen LogP contribution in [0.2, 0.25) is 0 Å². The zero-order valence-corrected chi connectivity index (χ0v) is 19.9. The fourth-order valence-corrected chi connectivity index (χ4v) is 3.73. The van der Waals surface area contributed by atoms with Crippen molar-refractivity contribution in [3.63, 3.8) is 0 Å². The third kappa shape index (κ3) is 7.75. The van der Waals surface area contributed by atoms with Gasteiger partial charge in [-0.1, -0.05) is 75.7 Å². The molecule has 7 heteroatoms. The van der Waals surface area contributed by atoms with Crippen LogP contribution in [0.3, 0.4) is 0 Å². The lowest BCUT2D eigenvalue weighted by Crippen LogP contribution is -2.47. The van der Waals surface area contributed by atoms with Crippen LogP contribution in [0.5, 0.6) is 0 Å². The molecule has 8 N–H and O–H groups in total. The average Bonchev–Trinajstić information content (AvgIpc) is 2.81. The number of carbonyl (C=O) groups excluding carboxylic acids is 1. The summed E-state index contributed by atoms with van der Waals surface area (Å²) in [4.78, 5) is 15.0. The molecule has 7 nitrogen and oxygen atoms in total. The van der Waals surface area contributed by atoms with Crippen LogP contribution in [-0.2, 0) is 11.3 Å². The lowest BCUT2D eigenvalue weighted by atomic mass is 9.97. The number of amides is 1. The molecular formula is C25H40N6O. The van der Waals surface area contributed by atoms with Crippen LogP contribution in [0.25, 0.3) is 11.1 Å². The molecule has 0 saturated carbocycles. The van der Waals surface area contributed by atoms with Gasteiger partial charge in [0.15, 0.2) is 0 Å². The highest BCUT2D eigenvalue weighted by molar-refractivity contribution is 6.01. The van der Waals surface area contributed by atoms with Gasteiger partial charge in [-0.25, -0.2) is 0 Å². The maximum Gasteiger partial charge on any atom is 0.223 e. The molecular weight excluding hydrogens is 400 g/mol. The van der Waals surface area contributed by atoms with E-state index in [2.05, 4.69) is 49.9 Å². The van der Waals surface area contributed by atoms with Gasteiger partial charge < -0.3 is 16.0 Å². The molecule has 1 atom stereocenters. The summed E-state index contributed by atoms with van der Waals surface area (Å²) < 4.78 is 0. The Morgan fingerprint density at radius 1 is 1.09 bits per heavy atom. The highest BCUT2D eigenvalue weighted by Gasteiger charge is 2.25. The number of hydrazine groups is 1. The smallest absolute Gasteiger partial charge is 0.223 e. The van der Waals surface area contributed by atoms with E-state index in [1.165, 1.54) is 0 Å². The molecule has 0 bridgehead atoms. The largest absolute Gasteiger partial charge is 0.384 e. The molecule has 2 rings (SSSR count). The summed E-state index contributed by atoms with van der Waals surface area (Å²) in [6.07, 6.45) is 2.52. The fourth-order valence-electron chi connectivity index (χ4n) is 3.73. The van der Waals surface area contributed by atoms with Crippen LogP contribution >= 0.6 is 0 Å². The topological polar surface area (TPSA) is 134 Å². The maximum atomic E-state index is 13.0. The van der Waals surface area contributed by atoms with Crippen molar-refractivity contribution >= 4 is 11.7 Å². The Morgan fingerprint density at radius 2 is 1.72 bits per heavy atom. The van der Waals surface area contributed by atoms with Gasteiger partial charge in [-0.05, 0) is 36.1 Å². The van der Waals surface area contributed by atoms with E-state index in [9.17, 15) is 4.79 Å². The number of nitrogen functional groups attached to an aromatic ring is 1. The third-order valence-corrected chi connectivity index (χ3v) is 5.48. The van der Waals surface area contributed by atoms with E-state index in [0.29, 0.717) is 18.9 Å². The number of nitrogens with two attached hydrogens (primary N) is 3. The van der Waals surface area contributed by atoms with Crippen molar-refractivity contribution in [2.24, 2.45) is 23.3 Å². The molecule has 0 radical (unpaired) electrons. The number of carbonyl (C=O) groups is 1. The van der Waals surface area contributed by atoms with E-state index in [4.69, 9.17) is 11.1 Å². The van der Waals surface area contributed by atoms with Crippen LogP contribution < -0.4 is 22.7 Å². The number of hydrogen-bond acceptors (Lipinski definition) is 5. The minimum absolute atomic E-state index is 0.0641. The summed E-state index contributed by atoms with van der Waals surface area (Å²) in [7, 11) is 1.94. The SMILES string of the molecule is CCCCC(=O)N(Cc1ccc(-c2ccccc2C(=N)N)cc1)C(CNC)C(C)C.NN. The van der Waals surface area contributed by atoms with Crippen LogP contribution in [0.1, 0.15) is 51.2 Å². The van der Waals surface area contributed by atoms with Crippen molar-refractivity contribution in [1.29, 1.82) is 5.41 Å². The van der Waals surface area contributed by atoms with Crippen LogP contribution in [0.4, 0.5) is 0 Å². The molecule has 0 heterocycles. The molecule has 0 spiro atoms. The predicted molar refractivity (Wildman–Crippen MR) is 134 cm³/mol. The zero-order valence-electron chi connectivity index (χ0n) is 19.9. The number of amidine groups is 1. The molecule has 32 heavy (non-hydrogen) atoms. The van der Waals surface area contributed by atoms with Gasteiger partial charge >= 0.3 is 0 Å². The normalized spacial score (nSPS) is 11.5. The number of unbranched alkanes of at least 4 members (excludes halogenated alkanes) is 1. The molecule has 1 unspecified atom stereocenters. The highest BCUT2D eigenvalue weighted by atomic mass is 16.2. The van der Waals surface area contributed by atoms with Crippen LogP contribution in [-0.4, -0.2) is 36.3 Å². The summed E-state index contributed by atoms with van der Waals surface area (Å²) >= 11 is 0. The second kappa shape index (κ2) is 14.3. The molecule has 0 aliphatic carbocycles. The van der Waals surface area contributed by atoms with E-state index >= 15 is 0 Å². The van der Waals surface area contributed by atoms with Crippen molar-refractivity contribution in [1.82, 2.24) is 10.2 Å². The van der Waals surface area contributed by atoms with E-state index < -0.39 is 0 Å². The number of benzene rings is 2.